The maximum atomic E-state index is 12.2. The van der Waals surface area contributed by atoms with Crippen LogP contribution in [0.5, 0.6) is 11.5 Å². The first-order chi connectivity index (χ1) is 8.17. The second-order valence-electron chi connectivity index (χ2n) is 3.77. The minimum atomic E-state index is -0.170. The van der Waals surface area contributed by atoms with Gasteiger partial charge in [-0.1, -0.05) is 6.92 Å². The van der Waals surface area contributed by atoms with E-state index >= 15 is 0 Å². The van der Waals surface area contributed by atoms with Crippen LogP contribution in [0.15, 0.2) is 18.2 Å². The third kappa shape index (κ3) is 2.97. The van der Waals surface area contributed by atoms with Gasteiger partial charge in [-0.15, -0.1) is 0 Å². The molecule has 0 aromatic heterocycles. The van der Waals surface area contributed by atoms with Gasteiger partial charge in [-0.3, -0.25) is 4.79 Å². The third-order valence-corrected chi connectivity index (χ3v) is 2.82. The molecule has 1 atom stereocenters. The van der Waals surface area contributed by atoms with Crippen molar-refractivity contribution in [3.8, 4) is 11.5 Å². The molecular formula is C13H19NO3. The van der Waals surface area contributed by atoms with E-state index in [0.717, 1.165) is 6.42 Å². The number of hydrogen-bond acceptors (Lipinski definition) is 4. The van der Waals surface area contributed by atoms with Crippen molar-refractivity contribution in [1.29, 1.82) is 0 Å². The zero-order valence-electron chi connectivity index (χ0n) is 10.5. The van der Waals surface area contributed by atoms with E-state index in [1.54, 1.807) is 32.4 Å². The molecule has 2 N–H and O–H groups in total. The molecule has 1 rings (SSSR count). The zero-order valence-corrected chi connectivity index (χ0v) is 10.5. The van der Waals surface area contributed by atoms with E-state index in [9.17, 15) is 4.79 Å². The summed E-state index contributed by atoms with van der Waals surface area (Å²) in [6, 6.07) is 5.19. The highest BCUT2D eigenvalue weighted by Crippen LogP contribution is 2.26. The summed E-state index contributed by atoms with van der Waals surface area (Å²) in [7, 11) is 3.11. The van der Waals surface area contributed by atoms with Crippen LogP contribution >= 0.6 is 0 Å². The van der Waals surface area contributed by atoms with Gasteiger partial charge in [0.05, 0.1) is 19.8 Å². The fraction of sp³-hybridized carbons (Fsp3) is 0.462. The molecule has 0 aliphatic rings. The number of nitrogens with two attached hydrogens (primary N) is 1. The molecule has 0 spiro atoms. The van der Waals surface area contributed by atoms with E-state index in [1.165, 1.54) is 0 Å². The highest BCUT2D eigenvalue weighted by molar-refractivity contribution is 6.00. The van der Waals surface area contributed by atoms with Crippen molar-refractivity contribution >= 4 is 5.78 Å². The van der Waals surface area contributed by atoms with Gasteiger partial charge in [0.1, 0.15) is 11.5 Å². The Morgan fingerprint density at radius 2 is 2.06 bits per heavy atom. The molecule has 0 radical (unpaired) electrons. The first kappa shape index (κ1) is 13.5. The molecule has 0 heterocycles. The van der Waals surface area contributed by atoms with Crippen LogP contribution in [0.4, 0.5) is 0 Å². The Kier molecular flexibility index (Phi) is 4.97. The number of hydrogen-bond donors (Lipinski definition) is 1. The number of ether oxygens (including phenoxy) is 2. The number of carbonyl (C=O) groups excluding carboxylic acids is 1. The average molecular weight is 237 g/mol. The van der Waals surface area contributed by atoms with Gasteiger partial charge >= 0.3 is 0 Å². The number of rotatable bonds is 6. The maximum absolute atomic E-state index is 12.2. The van der Waals surface area contributed by atoms with Crippen LogP contribution in [-0.2, 0) is 0 Å². The number of ketones is 1. The molecule has 1 unspecified atom stereocenters. The standard InChI is InChI=1S/C13H19NO3/c1-4-9(8-14)13(15)11-7-10(16-2)5-6-12(11)17-3/h5-7,9H,4,8,14H2,1-3H3. The molecule has 94 valence electrons. The predicted molar refractivity (Wildman–Crippen MR) is 66.7 cm³/mol. The molecule has 0 saturated carbocycles. The van der Waals surface area contributed by atoms with Gasteiger partial charge in [0.2, 0.25) is 0 Å². The predicted octanol–water partition coefficient (Wildman–Crippen LogP) is 1.87. The van der Waals surface area contributed by atoms with Crippen molar-refractivity contribution in [3.05, 3.63) is 23.8 Å². The van der Waals surface area contributed by atoms with Gasteiger partial charge in [-0.2, -0.15) is 0 Å². The second-order valence-corrected chi connectivity index (χ2v) is 3.77. The van der Waals surface area contributed by atoms with E-state index < -0.39 is 0 Å². The van der Waals surface area contributed by atoms with Crippen LogP contribution in [0.2, 0.25) is 0 Å². The minimum Gasteiger partial charge on any atom is -0.497 e. The van der Waals surface area contributed by atoms with Crippen LogP contribution in [-0.4, -0.2) is 26.5 Å². The smallest absolute Gasteiger partial charge is 0.171 e. The Morgan fingerprint density at radius 1 is 1.35 bits per heavy atom. The molecule has 0 bridgehead atoms. The maximum Gasteiger partial charge on any atom is 0.171 e. The largest absolute Gasteiger partial charge is 0.497 e. The molecule has 4 heteroatoms. The van der Waals surface area contributed by atoms with Crippen LogP contribution < -0.4 is 15.2 Å². The Morgan fingerprint density at radius 3 is 2.53 bits per heavy atom. The van der Waals surface area contributed by atoms with Gasteiger partial charge in [-0.05, 0) is 24.6 Å². The molecule has 17 heavy (non-hydrogen) atoms. The lowest BCUT2D eigenvalue weighted by atomic mass is 9.94. The molecule has 1 aromatic carbocycles. The van der Waals surface area contributed by atoms with Crippen molar-refractivity contribution < 1.29 is 14.3 Å². The molecule has 0 aliphatic carbocycles. The van der Waals surface area contributed by atoms with E-state index in [4.69, 9.17) is 15.2 Å². The van der Waals surface area contributed by atoms with Crippen molar-refractivity contribution in [2.45, 2.75) is 13.3 Å². The second kappa shape index (κ2) is 6.25. The SMILES string of the molecule is CCC(CN)C(=O)c1cc(OC)ccc1OC. The summed E-state index contributed by atoms with van der Waals surface area (Å²) in [5, 5.41) is 0. The molecule has 4 nitrogen and oxygen atoms in total. The van der Waals surface area contributed by atoms with Gasteiger partial charge in [0, 0.05) is 12.5 Å². The lowest BCUT2D eigenvalue weighted by Gasteiger charge is -2.14. The number of carbonyl (C=O) groups is 1. The highest BCUT2D eigenvalue weighted by atomic mass is 16.5. The fourth-order valence-corrected chi connectivity index (χ4v) is 1.69. The summed E-state index contributed by atoms with van der Waals surface area (Å²) in [4.78, 5) is 12.2. The third-order valence-electron chi connectivity index (χ3n) is 2.82. The van der Waals surface area contributed by atoms with Crippen LogP contribution in [0, 0.1) is 5.92 Å². The molecule has 0 saturated heterocycles. The van der Waals surface area contributed by atoms with Gasteiger partial charge in [0.15, 0.2) is 5.78 Å². The monoisotopic (exact) mass is 237 g/mol. The lowest BCUT2D eigenvalue weighted by Crippen LogP contribution is -2.23. The number of Topliss-reactive ketones (excluding diaryl/α,β-unsaturated/α-hetero) is 1. The Bertz CT molecular complexity index is 386. The van der Waals surface area contributed by atoms with E-state index in [0.29, 0.717) is 23.6 Å². The summed E-state index contributed by atoms with van der Waals surface area (Å²) in [6.07, 6.45) is 0.718. The highest BCUT2D eigenvalue weighted by Gasteiger charge is 2.20. The van der Waals surface area contributed by atoms with Gasteiger partial charge in [-0.25, -0.2) is 0 Å². The Balaban J connectivity index is 3.13. The number of benzene rings is 1. The molecule has 0 amide bonds. The lowest BCUT2D eigenvalue weighted by molar-refractivity contribution is 0.0918. The summed E-state index contributed by atoms with van der Waals surface area (Å²) < 4.78 is 10.3. The van der Waals surface area contributed by atoms with Crippen LogP contribution in [0.3, 0.4) is 0 Å². The quantitative estimate of drug-likeness (QED) is 0.767. The van der Waals surface area contributed by atoms with Crippen LogP contribution in [0.25, 0.3) is 0 Å². The van der Waals surface area contributed by atoms with E-state index in [2.05, 4.69) is 0 Å². The van der Waals surface area contributed by atoms with Crippen molar-refractivity contribution in [2.75, 3.05) is 20.8 Å². The van der Waals surface area contributed by atoms with Gasteiger partial charge < -0.3 is 15.2 Å². The Hall–Kier alpha value is -1.55. The first-order valence-corrected chi connectivity index (χ1v) is 5.64. The topological polar surface area (TPSA) is 61.6 Å². The molecule has 0 fully saturated rings. The van der Waals surface area contributed by atoms with Crippen LogP contribution in [0.1, 0.15) is 23.7 Å². The summed E-state index contributed by atoms with van der Waals surface area (Å²) in [6.45, 7) is 2.29. The van der Waals surface area contributed by atoms with Crippen molar-refractivity contribution in [1.82, 2.24) is 0 Å². The van der Waals surface area contributed by atoms with Crippen molar-refractivity contribution in [2.24, 2.45) is 11.7 Å². The Labute approximate surface area is 102 Å². The zero-order chi connectivity index (χ0) is 12.8. The van der Waals surface area contributed by atoms with Gasteiger partial charge in [0.25, 0.3) is 0 Å². The summed E-state index contributed by atoms with van der Waals surface area (Å²) in [5.74, 6) is 1.03. The van der Waals surface area contributed by atoms with E-state index in [-0.39, 0.29) is 11.7 Å². The van der Waals surface area contributed by atoms with Crippen molar-refractivity contribution in [3.63, 3.8) is 0 Å². The van der Waals surface area contributed by atoms with E-state index in [1.807, 2.05) is 6.92 Å². The molecule has 1 aromatic rings. The summed E-state index contributed by atoms with van der Waals surface area (Å²) >= 11 is 0. The molecular weight excluding hydrogens is 218 g/mol. The minimum absolute atomic E-state index is 0.00532. The average Bonchev–Trinajstić information content (AvgIpc) is 2.39. The fourth-order valence-electron chi connectivity index (χ4n) is 1.69. The first-order valence-electron chi connectivity index (χ1n) is 5.64. The molecule has 0 aliphatic heterocycles. The summed E-state index contributed by atoms with van der Waals surface area (Å²) in [5.41, 5.74) is 6.12. The number of methoxy groups -OCH3 is 2. The normalized spacial score (nSPS) is 12.0.